The normalized spacial score (nSPS) is 15.5. The highest BCUT2D eigenvalue weighted by molar-refractivity contribution is 7.12. The van der Waals surface area contributed by atoms with Gasteiger partial charge in [0.2, 0.25) is 5.91 Å². The van der Waals surface area contributed by atoms with Gasteiger partial charge in [0, 0.05) is 5.38 Å². The molecule has 1 aromatic carbocycles. The lowest BCUT2D eigenvalue weighted by Crippen LogP contribution is -2.34. The van der Waals surface area contributed by atoms with Gasteiger partial charge in [0.05, 0.1) is 16.0 Å². The maximum Gasteiger partial charge on any atom is 0.262 e. The zero-order chi connectivity index (χ0) is 15.0. The van der Waals surface area contributed by atoms with Crippen LogP contribution >= 0.6 is 11.3 Å². The summed E-state index contributed by atoms with van der Waals surface area (Å²) in [7, 11) is 0. The van der Waals surface area contributed by atoms with E-state index >= 15 is 0 Å². The number of nitrogens with two attached hydrogens (primary N) is 1. The maximum atomic E-state index is 13.3. The Morgan fingerprint density at radius 1 is 1.29 bits per heavy atom. The van der Waals surface area contributed by atoms with Crippen molar-refractivity contribution in [3.05, 3.63) is 57.5 Å². The first kappa shape index (κ1) is 13.8. The zero-order valence-electron chi connectivity index (χ0n) is 11.1. The number of hydrogen-bond donors (Lipinski definition) is 2. The molecule has 1 aromatic heterocycles. The van der Waals surface area contributed by atoms with E-state index in [4.69, 9.17) is 5.73 Å². The molecule has 0 bridgehead atoms. The second-order valence-corrected chi connectivity index (χ2v) is 6.02. The summed E-state index contributed by atoms with van der Waals surface area (Å²) in [5, 5.41) is 4.49. The smallest absolute Gasteiger partial charge is 0.262 e. The van der Waals surface area contributed by atoms with Crippen LogP contribution in [-0.4, -0.2) is 11.8 Å². The van der Waals surface area contributed by atoms with Gasteiger partial charge >= 0.3 is 0 Å². The molecule has 1 heterocycles. The zero-order valence-corrected chi connectivity index (χ0v) is 11.9. The molecule has 2 aromatic rings. The second-order valence-electron chi connectivity index (χ2n) is 5.11. The molecule has 1 fully saturated rings. The van der Waals surface area contributed by atoms with Crippen molar-refractivity contribution in [2.45, 2.75) is 18.4 Å². The van der Waals surface area contributed by atoms with E-state index in [9.17, 15) is 14.0 Å². The average Bonchev–Trinajstić information content (AvgIpc) is 3.04. The number of rotatable bonds is 4. The SMILES string of the molecule is NC(=O)c1csc(C(=O)NC2(c3cccc(F)c3)CC2)c1. The number of benzene rings is 1. The second kappa shape index (κ2) is 4.96. The first-order valence-corrected chi connectivity index (χ1v) is 7.35. The molecule has 1 saturated carbocycles. The fraction of sp³-hybridized carbons (Fsp3) is 0.200. The summed E-state index contributed by atoms with van der Waals surface area (Å²) in [4.78, 5) is 23.7. The number of amides is 2. The van der Waals surface area contributed by atoms with Crippen LogP contribution in [0.3, 0.4) is 0 Å². The highest BCUT2D eigenvalue weighted by atomic mass is 32.1. The van der Waals surface area contributed by atoms with Gasteiger partial charge < -0.3 is 11.1 Å². The van der Waals surface area contributed by atoms with Crippen LogP contribution in [0, 0.1) is 5.82 Å². The van der Waals surface area contributed by atoms with Gasteiger partial charge in [-0.05, 0) is 36.6 Å². The minimum absolute atomic E-state index is 0.269. The van der Waals surface area contributed by atoms with Crippen LogP contribution in [0.4, 0.5) is 4.39 Å². The average molecular weight is 304 g/mol. The number of nitrogens with one attached hydrogen (secondary N) is 1. The fourth-order valence-electron chi connectivity index (χ4n) is 2.26. The Kier molecular flexibility index (Phi) is 3.25. The summed E-state index contributed by atoms with van der Waals surface area (Å²) in [6.45, 7) is 0. The van der Waals surface area contributed by atoms with Gasteiger partial charge in [0.25, 0.3) is 5.91 Å². The van der Waals surface area contributed by atoms with E-state index in [0.29, 0.717) is 10.4 Å². The molecule has 0 aliphatic heterocycles. The van der Waals surface area contributed by atoms with Crippen molar-refractivity contribution in [1.82, 2.24) is 5.32 Å². The van der Waals surface area contributed by atoms with Gasteiger partial charge in [0.15, 0.2) is 0 Å². The summed E-state index contributed by atoms with van der Waals surface area (Å²) in [6, 6.07) is 7.73. The van der Waals surface area contributed by atoms with E-state index in [0.717, 1.165) is 18.4 Å². The van der Waals surface area contributed by atoms with Crippen LogP contribution in [0.5, 0.6) is 0 Å². The molecule has 1 aliphatic carbocycles. The summed E-state index contributed by atoms with van der Waals surface area (Å²) in [6.07, 6.45) is 1.55. The lowest BCUT2D eigenvalue weighted by Gasteiger charge is -2.17. The molecular weight excluding hydrogens is 291 g/mol. The fourth-order valence-corrected chi connectivity index (χ4v) is 3.05. The van der Waals surface area contributed by atoms with E-state index in [1.54, 1.807) is 17.5 Å². The molecule has 108 valence electrons. The lowest BCUT2D eigenvalue weighted by atomic mass is 10.0. The number of hydrogen-bond acceptors (Lipinski definition) is 3. The lowest BCUT2D eigenvalue weighted by molar-refractivity contribution is 0.0934. The number of carbonyl (C=O) groups excluding carboxylic acids is 2. The molecule has 2 amide bonds. The molecule has 6 heteroatoms. The Morgan fingerprint density at radius 3 is 2.62 bits per heavy atom. The van der Waals surface area contributed by atoms with Gasteiger partial charge in [-0.1, -0.05) is 12.1 Å². The molecule has 3 rings (SSSR count). The van der Waals surface area contributed by atoms with Gasteiger partial charge in [-0.15, -0.1) is 11.3 Å². The molecule has 0 radical (unpaired) electrons. The summed E-state index contributed by atoms with van der Waals surface area (Å²) >= 11 is 1.17. The highest BCUT2D eigenvalue weighted by Crippen LogP contribution is 2.45. The first-order chi connectivity index (χ1) is 10.00. The Labute approximate surface area is 124 Å². The van der Waals surface area contributed by atoms with Gasteiger partial charge in [-0.25, -0.2) is 4.39 Å². The van der Waals surface area contributed by atoms with Crippen LogP contribution in [0.2, 0.25) is 0 Å². The first-order valence-electron chi connectivity index (χ1n) is 6.47. The van der Waals surface area contributed by atoms with Crippen LogP contribution in [-0.2, 0) is 5.54 Å². The summed E-state index contributed by atoms with van der Waals surface area (Å²) < 4.78 is 13.3. The van der Waals surface area contributed by atoms with E-state index in [1.807, 2.05) is 0 Å². The Morgan fingerprint density at radius 2 is 2.05 bits per heavy atom. The number of halogens is 1. The molecule has 1 aliphatic rings. The molecule has 0 atom stereocenters. The predicted molar refractivity (Wildman–Crippen MR) is 77.6 cm³/mol. The van der Waals surface area contributed by atoms with E-state index in [-0.39, 0.29) is 11.7 Å². The van der Waals surface area contributed by atoms with Crippen LogP contribution in [0.25, 0.3) is 0 Å². The van der Waals surface area contributed by atoms with E-state index in [1.165, 1.54) is 29.5 Å². The third kappa shape index (κ3) is 2.67. The van der Waals surface area contributed by atoms with Crippen molar-refractivity contribution in [3.8, 4) is 0 Å². The minimum Gasteiger partial charge on any atom is -0.366 e. The Balaban J connectivity index is 1.79. The largest absolute Gasteiger partial charge is 0.366 e. The van der Waals surface area contributed by atoms with Crippen molar-refractivity contribution < 1.29 is 14.0 Å². The molecular formula is C15H13FN2O2S. The van der Waals surface area contributed by atoms with Crippen molar-refractivity contribution in [2.24, 2.45) is 5.73 Å². The van der Waals surface area contributed by atoms with Gasteiger partial charge in [-0.2, -0.15) is 0 Å². The minimum atomic E-state index is -0.559. The van der Waals surface area contributed by atoms with Gasteiger partial charge in [0.1, 0.15) is 5.82 Å². The Bertz CT molecular complexity index is 722. The van der Waals surface area contributed by atoms with Crippen molar-refractivity contribution in [1.29, 1.82) is 0 Å². The standard InChI is InChI=1S/C15H13FN2O2S/c16-11-3-1-2-10(7-11)15(4-5-15)18-14(20)12-6-9(8-21-12)13(17)19/h1-3,6-8H,4-5H2,(H2,17,19)(H,18,20). The van der Waals surface area contributed by atoms with Crippen LogP contribution < -0.4 is 11.1 Å². The topological polar surface area (TPSA) is 72.2 Å². The highest BCUT2D eigenvalue weighted by Gasteiger charge is 2.46. The predicted octanol–water partition coefficient (Wildman–Crippen LogP) is 2.41. The Hall–Kier alpha value is -2.21. The van der Waals surface area contributed by atoms with Crippen LogP contribution in [0.15, 0.2) is 35.7 Å². The summed E-state index contributed by atoms with van der Waals surface area (Å²) in [5.74, 6) is -1.15. The molecule has 3 N–H and O–H groups in total. The number of carbonyl (C=O) groups is 2. The molecule has 0 spiro atoms. The van der Waals surface area contributed by atoms with E-state index in [2.05, 4.69) is 5.32 Å². The van der Waals surface area contributed by atoms with Crippen molar-refractivity contribution in [2.75, 3.05) is 0 Å². The quantitative estimate of drug-likeness (QED) is 0.910. The van der Waals surface area contributed by atoms with Crippen molar-refractivity contribution >= 4 is 23.2 Å². The maximum absolute atomic E-state index is 13.3. The molecule has 4 nitrogen and oxygen atoms in total. The van der Waals surface area contributed by atoms with Gasteiger partial charge in [-0.3, -0.25) is 9.59 Å². The molecule has 0 saturated heterocycles. The molecule has 21 heavy (non-hydrogen) atoms. The third-order valence-electron chi connectivity index (χ3n) is 3.59. The molecule has 0 unspecified atom stereocenters. The summed E-state index contributed by atoms with van der Waals surface area (Å²) in [5.41, 5.74) is 5.77. The monoisotopic (exact) mass is 304 g/mol. The van der Waals surface area contributed by atoms with Crippen LogP contribution in [0.1, 0.15) is 38.4 Å². The number of primary amides is 1. The van der Waals surface area contributed by atoms with E-state index < -0.39 is 11.4 Å². The number of thiophene rings is 1. The van der Waals surface area contributed by atoms with Crippen molar-refractivity contribution in [3.63, 3.8) is 0 Å². The third-order valence-corrected chi connectivity index (χ3v) is 4.52.